The molecular formula is C14H12N6. The zero-order chi connectivity index (χ0) is 14.1. The smallest absolute Gasteiger partial charge is 0.146 e. The Morgan fingerprint density at radius 2 is 2.10 bits per heavy atom. The molecule has 3 aromatic rings. The first-order valence-electron chi connectivity index (χ1n) is 6.10. The van der Waals surface area contributed by atoms with Crippen LogP contribution in [0.15, 0.2) is 30.6 Å². The number of anilines is 2. The molecule has 0 spiro atoms. The van der Waals surface area contributed by atoms with Crippen LogP contribution in [0.25, 0.3) is 11.0 Å². The number of rotatable bonds is 2. The van der Waals surface area contributed by atoms with E-state index in [1.54, 1.807) is 19.3 Å². The van der Waals surface area contributed by atoms with E-state index in [0.717, 1.165) is 16.7 Å². The van der Waals surface area contributed by atoms with Gasteiger partial charge in [-0.15, -0.1) is 0 Å². The van der Waals surface area contributed by atoms with Gasteiger partial charge in [-0.05, 0) is 25.1 Å². The first-order valence-corrected chi connectivity index (χ1v) is 6.10. The molecule has 1 aromatic carbocycles. The van der Waals surface area contributed by atoms with E-state index < -0.39 is 0 Å². The molecule has 0 radical (unpaired) electrons. The minimum atomic E-state index is 0.363. The average Bonchev–Trinajstić information content (AvgIpc) is 2.93. The Morgan fingerprint density at radius 1 is 1.25 bits per heavy atom. The van der Waals surface area contributed by atoms with E-state index in [-0.39, 0.29) is 0 Å². The van der Waals surface area contributed by atoms with E-state index in [4.69, 9.17) is 5.26 Å². The van der Waals surface area contributed by atoms with Crippen LogP contribution in [-0.4, -0.2) is 27.0 Å². The topological polar surface area (TPSA) is 81.5 Å². The Morgan fingerprint density at radius 3 is 2.90 bits per heavy atom. The third-order valence-corrected chi connectivity index (χ3v) is 3.07. The van der Waals surface area contributed by atoms with E-state index in [9.17, 15) is 0 Å². The highest BCUT2D eigenvalue weighted by Gasteiger charge is 2.09. The molecule has 0 aliphatic rings. The molecule has 0 aliphatic heterocycles. The Kier molecular flexibility index (Phi) is 2.80. The number of benzene rings is 1. The molecule has 0 amide bonds. The summed E-state index contributed by atoms with van der Waals surface area (Å²) in [6.45, 7) is 1.77. The number of aromatic nitrogens is 4. The normalized spacial score (nSPS) is 10.4. The van der Waals surface area contributed by atoms with E-state index in [1.807, 2.05) is 36.2 Å². The molecule has 0 atom stereocenters. The largest absolute Gasteiger partial charge is 0.345 e. The van der Waals surface area contributed by atoms with Crippen LogP contribution in [0.5, 0.6) is 0 Å². The van der Waals surface area contributed by atoms with Gasteiger partial charge in [0.15, 0.2) is 0 Å². The second-order valence-corrected chi connectivity index (χ2v) is 4.43. The Hall–Kier alpha value is -2.94. The van der Waals surface area contributed by atoms with Gasteiger partial charge in [-0.25, -0.2) is 15.0 Å². The van der Waals surface area contributed by atoms with Gasteiger partial charge >= 0.3 is 0 Å². The van der Waals surface area contributed by atoms with Crippen LogP contribution in [-0.2, 0) is 0 Å². The minimum Gasteiger partial charge on any atom is -0.345 e. The molecule has 6 heteroatoms. The van der Waals surface area contributed by atoms with E-state index in [1.165, 1.54) is 0 Å². The molecule has 0 aliphatic carbocycles. The number of hydrogen-bond donors (Lipinski definition) is 1. The van der Waals surface area contributed by atoms with Crippen LogP contribution < -0.4 is 4.90 Å². The van der Waals surface area contributed by atoms with Gasteiger partial charge in [-0.1, -0.05) is 0 Å². The molecule has 1 N–H and O–H groups in total. The molecule has 0 bridgehead atoms. The fraction of sp³-hybridized carbons (Fsp3) is 0.143. The van der Waals surface area contributed by atoms with E-state index in [2.05, 4.69) is 19.9 Å². The van der Waals surface area contributed by atoms with Gasteiger partial charge < -0.3 is 9.88 Å². The second-order valence-electron chi connectivity index (χ2n) is 4.43. The van der Waals surface area contributed by atoms with Crippen molar-refractivity contribution in [3.05, 3.63) is 42.1 Å². The average molecular weight is 264 g/mol. The molecule has 6 nitrogen and oxygen atoms in total. The first-order chi connectivity index (χ1) is 9.67. The van der Waals surface area contributed by atoms with Crippen molar-refractivity contribution < 1.29 is 0 Å². The van der Waals surface area contributed by atoms with Crippen molar-refractivity contribution in [1.82, 2.24) is 19.9 Å². The van der Waals surface area contributed by atoms with Crippen LogP contribution >= 0.6 is 0 Å². The fourth-order valence-electron chi connectivity index (χ4n) is 2.05. The van der Waals surface area contributed by atoms with Crippen molar-refractivity contribution in [3.8, 4) is 6.07 Å². The lowest BCUT2D eigenvalue weighted by molar-refractivity contribution is 1.00. The minimum absolute atomic E-state index is 0.363. The molecule has 0 saturated carbocycles. The maximum absolute atomic E-state index is 8.98. The number of nitrogens with zero attached hydrogens (tertiary/aromatic N) is 5. The highest BCUT2D eigenvalue weighted by atomic mass is 15.2. The second kappa shape index (κ2) is 4.63. The zero-order valence-electron chi connectivity index (χ0n) is 11.1. The Bertz CT molecular complexity index is 814. The van der Waals surface area contributed by atoms with Crippen LogP contribution in [0.2, 0.25) is 0 Å². The summed E-state index contributed by atoms with van der Waals surface area (Å²) in [6, 6.07) is 9.62. The Labute approximate surface area is 115 Å². The summed E-state index contributed by atoms with van der Waals surface area (Å²) in [6.07, 6.45) is 1.66. The fourth-order valence-corrected chi connectivity index (χ4v) is 2.05. The highest BCUT2D eigenvalue weighted by molar-refractivity contribution is 5.80. The lowest BCUT2D eigenvalue weighted by Gasteiger charge is -2.18. The van der Waals surface area contributed by atoms with Crippen LogP contribution in [0.4, 0.5) is 11.5 Å². The maximum Gasteiger partial charge on any atom is 0.146 e. The quantitative estimate of drug-likeness (QED) is 0.768. The van der Waals surface area contributed by atoms with Gasteiger partial charge in [0, 0.05) is 18.8 Å². The number of nitriles is 1. The van der Waals surface area contributed by atoms with Crippen LogP contribution in [0, 0.1) is 18.3 Å². The van der Waals surface area contributed by atoms with Crippen molar-refractivity contribution in [2.24, 2.45) is 0 Å². The summed E-state index contributed by atoms with van der Waals surface area (Å²) in [4.78, 5) is 17.6. The van der Waals surface area contributed by atoms with Gasteiger partial charge in [-0.2, -0.15) is 5.26 Å². The standard InChI is InChI=1S/C14H12N6/c1-9-18-10(7-15)5-14(19-9)20(2)11-3-4-12-13(6-11)17-8-16-12/h3-6,8H,1-2H3,(H,16,17). The van der Waals surface area contributed by atoms with Crippen molar-refractivity contribution in [1.29, 1.82) is 5.26 Å². The number of fused-ring (bicyclic) bond motifs is 1. The maximum atomic E-state index is 8.98. The van der Waals surface area contributed by atoms with Gasteiger partial charge in [0.05, 0.1) is 17.4 Å². The molecule has 0 unspecified atom stereocenters. The summed E-state index contributed by atoms with van der Waals surface area (Å²) in [7, 11) is 1.90. The van der Waals surface area contributed by atoms with Gasteiger partial charge in [0.25, 0.3) is 0 Å². The Balaban J connectivity index is 2.05. The van der Waals surface area contributed by atoms with Gasteiger partial charge in [0.1, 0.15) is 23.4 Å². The molecule has 0 saturated heterocycles. The predicted octanol–water partition coefficient (Wildman–Crippen LogP) is 2.30. The number of aryl methyl sites for hydroxylation is 1. The van der Waals surface area contributed by atoms with E-state index in [0.29, 0.717) is 17.3 Å². The summed E-state index contributed by atoms with van der Waals surface area (Å²) < 4.78 is 0. The number of nitrogens with one attached hydrogen (secondary N) is 1. The molecule has 3 rings (SSSR count). The third kappa shape index (κ3) is 2.06. The van der Waals surface area contributed by atoms with Gasteiger partial charge in [-0.3, -0.25) is 0 Å². The molecule has 0 fully saturated rings. The highest BCUT2D eigenvalue weighted by Crippen LogP contribution is 2.24. The molecule has 20 heavy (non-hydrogen) atoms. The molecule has 98 valence electrons. The number of imidazole rings is 1. The lowest BCUT2D eigenvalue weighted by Crippen LogP contribution is -2.12. The molecular weight excluding hydrogens is 252 g/mol. The molecule has 2 heterocycles. The van der Waals surface area contributed by atoms with Crippen LogP contribution in [0.1, 0.15) is 11.5 Å². The van der Waals surface area contributed by atoms with Gasteiger partial charge in [0.2, 0.25) is 0 Å². The summed E-state index contributed by atoms with van der Waals surface area (Å²) >= 11 is 0. The number of aromatic amines is 1. The monoisotopic (exact) mass is 264 g/mol. The predicted molar refractivity (Wildman–Crippen MR) is 75.6 cm³/mol. The molecule has 2 aromatic heterocycles. The van der Waals surface area contributed by atoms with Crippen molar-refractivity contribution in [3.63, 3.8) is 0 Å². The summed E-state index contributed by atoms with van der Waals surface area (Å²) in [5, 5.41) is 8.98. The summed E-state index contributed by atoms with van der Waals surface area (Å²) in [5.41, 5.74) is 3.20. The van der Waals surface area contributed by atoms with Crippen LogP contribution in [0.3, 0.4) is 0 Å². The van der Waals surface area contributed by atoms with E-state index >= 15 is 0 Å². The van der Waals surface area contributed by atoms with Crippen molar-refractivity contribution in [2.45, 2.75) is 6.92 Å². The lowest BCUT2D eigenvalue weighted by atomic mass is 10.2. The third-order valence-electron chi connectivity index (χ3n) is 3.07. The number of H-pyrrole nitrogens is 1. The van der Waals surface area contributed by atoms with Crippen molar-refractivity contribution >= 4 is 22.5 Å². The number of hydrogen-bond acceptors (Lipinski definition) is 5. The summed E-state index contributed by atoms with van der Waals surface area (Å²) in [5.74, 6) is 1.27. The first kappa shape index (κ1) is 12.1. The zero-order valence-corrected chi connectivity index (χ0v) is 11.1. The SMILES string of the molecule is Cc1nc(C#N)cc(N(C)c2ccc3nc[nH]c3c2)n1. The van der Waals surface area contributed by atoms with Crippen molar-refractivity contribution in [2.75, 3.05) is 11.9 Å².